The van der Waals surface area contributed by atoms with Gasteiger partial charge in [-0.1, -0.05) is 11.1 Å². The molecule has 8 heavy (non-hydrogen) atoms. The molecule has 40 valence electrons. The molecule has 0 heterocycles. The van der Waals surface area contributed by atoms with Gasteiger partial charge in [0, 0.05) is 5.25 Å². The smallest absolute Gasteiger partial charge is 0.0160 e. The lowest BCUT2D eigenvalue weighted by molar-refractivity contribution is 0.732. The number of thiol groups is 1. The van der Waals surface area contributed by atoms with Crippen LogP contribution in [0.1, 0.15) is 0 Å². The molecule has 0 aliphatic heterocycles. The molecule has 1 heteroatoms. The predicted octanol–water partition coefficient (Wildman–Crippen LogP) is 1.10. The first-order valence-corrected chi connectivity index (χ1v) is 3.85. The molecule has 3 fully saturated rings. The van der Waals surface area contributed by atoms with Crippen molar-refractivity contribution in [1.82, 2.24) is 0 Å². The molecule has 0 aromatic carbocycles. The Hall–Kier alpha value is 0.0900. The molecular formula is C7H6S. The van der Waals surface area contributed by atoms with Crippen LogP contribution in [0.5, 0.6) is 0 Å². The van der Waals surface area contributed by atoms with Crippen LogP contribution in [-0.2, 0) is 0 Å². The summed E-state index contributed by atoms with van der Waals surface area (Å²) in [5, 5.41) is 0.787. The van der Waals surface area contributed by atoms with E-state index in [1.54, 1.807) is 0 Å². The van der Waals surface area contributed by atoms with Gasteiger partial charge in [0.2, 0.25) is 0 Å². The molecule has 4 atom stereocenters. The SMILES string of the molecule is SC1C2C3=C4C1C4C32. The van der Waals surface area contributed by atoms with Crippen LogP contribution in [0, 0.1) is 23.7 Å². The van der Waals surface area contributed by atoms with Gasteiger partial charge in [-0.05, 0) is 23.7 Å². The Bertz CT molecular complexity index is 217. The second-order valence-corrected chi connectivity index (χ2v) is 4.10. The average Bonchev–Trinajstić information content (AvgIpc) is 2.34. The Balaban J connectivity index is 2.19. The van der Waals surface area contributed by atoms with Gasteiger partial charge in [0.1, 0.15) is 0 Å². The van der Waals surface area contributed by atoms with Crippen LogP contribution in [0.25, 0.3) is 0 Å². The summed E-state index contributed by atoms with van der Waals surface area (Å²) in [4.78, 5) is 0. The van der Waals surface area contributed by atoms with Crippen LogP contribution in [-0.4, -0.2) is 5.25 Å². The third-order valence-electron chi connectivity index (χ3n) is 3.45. The first-order chi connectivity index (χ1) is 3.91. The third-order valence-corrected chi connectivity index (χ3v) is 4.09. The van der Waals surface area contributed by atoms with Gasteiger partial charge in [0.25, 0.3) is 0 Å². The number of rotatable bonds is 0. The highest BCUT2D eigenvalue weighted by atomic mass is 32.1. The second-order valence-electron chi connectivity index (χ2n) is 3.50. The van der Waals surface area contributed by atoms with Gasteiger partial charge >= 0.3 is 0 Å². The maximum absolute atomic E-state index is 4.54. The largest absolute Gasteiger partial charge is 0.175 e. The fourth-order valence-electron chi connectivity index (χ4n) is 3.13. The zero-order valence-electron chi connectivity index (χ0n) is 4.33. The van der Waals surface area contributed by atoms with E-state index in [9.17, 15) is 0 Å². The van der Waals surface area contributed by atoms with E-state index in [-0.39, 0.29) is 0 Å². The normalized spacial score (nSPS) is 76.9. The van der Waals surface area contributed by atoms with Gasteiger partial charge in [0.05, 0.1) is 0 Å². The van der Waals surface area contributed by atoms with Crippen LogP contribution in [0.4, 0.5) is 0 Å². The van der Waals surface area contributed by atoms with Crippen LogP contribution in [0.15, 0.2) is 11.1 Å². The Morgan fingerprint density at radius 1 is 0.875 bits per heavy atom. The Morgan fingerprint density at radius 2 is 1.38 bits per heavy atom. The Labute approximate surface area is 53.4 Å². The van der Waals surface area contributed by atoms with Gasteiger partial charge in [-0.2, -0.15) is 12.6 Å². The van der Waals surface area contributed by atoms with Crippen LogP contribution >= 0.6 is 12.6 Å². The van der Waals surface area contributed by atoms with Crippen molar-refractivity contribution >= 4 is 12.6 Å². The van der Waals surface area contributed by atoms with Crippen molar-refractivity contribution in [2.24, 2.45) is 23.7 Å². The molecular weight excluding hydrogens is 116 g/mol. The summed E-state index contributed by atoms with van der Waals surface area (Å²) in [5.41, 5.74) is 3.69. The number of allylic oxidation sites excluding steroid dienone is 2. The topological polar surface area (TPSA) is 0 Å². The summed E-state index contributed by atoms with van der Waals surface area (Å²) in [5.74, 6) is 4.20. The predicted molar refractivity (Wildman–Crippen MR) is 33.8 cm³/mol. The van der Waals surface area contributed by atoms with E-state index in [4.69, 9.17) is 0 Å². The average molecular weight is 122 g/mol. The summed E-state index contributed by atoms with van der Waals surface area (Å²) >= 11 is 4.54. The van der Waals surface area contributed by atoms with Crippen molar-refractivity contribution in [3.05, 3.63) is 11.1 Å². The minimum Gasteiger partial charge on any atom is -0.175 e. The summed E-state index contributed by atoms with van der Waals surface area (Å²) in [6, 6.07) is 0. The zero-order valence-corrected chi connectivity index (χ0v) is 5.23. The van der Waals surface area contributed by atoms with Gasteiger partial charge in [-0.3, -0.25) is 0 Å². The molecule has 0 N–H and O–H groups in total. The van der Waals surface area contributed by atoms with E-state index >= 15 is 0 Å². The summed E-state index contributed by atoms with van der Waals surface area (Å²) in [6.45, 7) is 0. The second kappa shape index (κ2) is 0.591. The molecule has 5 aliphatic rings. The summed E-state index contributed by atoms with van der Waals surface area (Å²) in [7, 11) is 0. The maximum Gasteiger partial charge on any atom is 0.0160 e. The summed E-state index contributed by atoms with van der Waals surface area (Å²) < 4.78 is 0. The van der Waals surface area contributed by atoms with Crippen molar-refractivity contribution in [1.29, 1.82) is 0 Å². The first-order valence-electron chi connectivity index (χ1n) is 3.33. The van der Waals surface area contributed by atoms with E-state index in [1.807, 2.05) is 11.1 Å². The number of hydrogen-bond acceptors (Lipinski definition) is 1. The van der Waals surface area contributed by atoms with E-state index in [2.05, 4.69) is 12.6 Å². The zero-order chi connectivity index (χ0) is 5.04. The van der Waals surface area contributed by atoms with Crippen molar-refractivity contribution in [2.75, 3.05) is 0 Å². The molecule has 0 nitrogen and oxygen atoms in total. The highest BCUT2D eigenvalue weighted by molar-refractivity contribution is 7.81. The van der Waals surface area contributed by atoms with Gasteiger partial charge in [-0.25, -0.2) is 0 Å². The Morgan fingerprint density at radius 3 is 1.50 bits per heavy atom. The number of hydrogen-bond donors (Lipinski definition) is 1. The van der Waals surface area contributed by atoms with Crippen molar-refractivity contribution in [2.45, 2.75) is 5.25 Å². The highest BCUT2D eigenvalue weighted by Crippen LogP contribution is 2.88. The standard InChI is InChI=1S/C7H6S/c8-7-5-1-2(5)4-3(1)6(4)7/h1,3,5-8H. The van der Waals surface area contributed by atoms with Crippen LogP contribution in [0.2, 0.25) is 0 Å². The fraction of sp³-hybridized carbons (Fsp3) is 0.714. The minimum absolute atomic E-state index is 0.787. The van der Waals surface area contributed by atoms with Crippen molar-refractivity contribution < 1.29 is 0 Å². The van der Waals surface area contributed by atoms with E-state index in [0.29, 0.717) is 0 Å². The molecule has 0 radical (unpaired) electrons. The van der Waals surface area contributed by atoms with Crippen molar-refractivity contribution in [3.8, 4) is 0 Å². The van der Waals surface area contributed by atoms with E-state index in [1.165, 1.54) is 0 Å². The minimum atomic E-state index is 0.787. The molecule has 2 bridgehead atoms. The monoisotopic (exact) mass is 122 g/mol. The lowest BCUT2D eigenvalue weighted by Crippen LogP contribution is -1.96. The van der Waals surface area contributed by atoms with Crippen LogP contribution in [0.3, 0.4) is 0 Å². The molecule has 3 saturated carbocycles. The Kier molecular flexibility index (Phi) is 0.244. The first kappa shape index (κ1) is 3.31. The van der Waals surface area contributed by atoms with E-state index < -0.39 is 0 Å². The molecule has 0 spiro atoms. The summed E-state index contributed by atoms with van der Waals surface area (Å²) in [6.07, 6.45) is 0. The lowest BCUT2D eigenvalue weighted by Gasteiger charge is -1.95. The quantitative estimate of drug-likeness (QED) is 0.361. The third kappa shape index (κ3) is 0.121. The fourth-order valence-corrected chi connectivity index (χ4v) is 3.82. The molecule has 0 aromatic heterocycles. The highest BCUT2D eigenvalue weighted by Gasteiger charge is 2.83. The molecule has 4 unspecified atom stereocenters. The lowest BCUT2D eigenvalue weighted by atomic mass is 10.1. The molecule has 0 aromatic rings. The molecule has 5 aliphatic carbocycles. The maximum atomic E-state index is 4.54. The van der Waals surface area contributed by atoms with Gasteiger partial charge in [0.15, 0.2) is 0 Å². The van der Waals surface area contributed by atoms with Gasteiger partial charge < -0.3 is 0 Å². The molecule has 0 saturated heterocycles. The molecule has 5 rings (SSSR count). The van der Waals surface area contributed by atoms with Crippen molar-refractivity contribution in [3.63, 3.8) is 0 Å². The molecule has 0 amide bonds. The van der Waals surface area contributed by atoms with Gasteiger partial charge in [-0.15, -0.1) is 0 Å². The van der Waals surface area contributed by atoms with Crippen LogP contribution < -0.4 is 0 Å². The van der Waals surface area contributed by atoms with E-state index in [0.717, 1.165) is 28.9 Å².